The van der Waals surface area contributed by atoms with Crippen LogP contribution in [-0.4, -0.2) is 18.7 Å². The van der Waals surface area contributed by atoms with Gasteiger partial charge in [0.1, 0.15) is 5.82 Å². The van der Waals surface area contributed by atoms with E-state index in [0.29, 0.717) is 18.6 Å². The van der Waals surface area contributed by atoms with E-state index >= 15 is 0 Å². The van der Waals surface area contributed by atoms with Gasteiger partial charge >= 0.3 is 0 Å². The maximum atomic E-state index is 12.9. The van der Waals surface area contributed by atoms with Crippen molar-refractivity contribution < 1.29 is 9.13 Å². The molecule has 1 aromatic rings. The van der Waals surface area contributed by atoms with E-state index < -0.39 is 5.54 Å². The molecule has 0 aliphatic carbocycles. The molecule has 1 atom stereocenters. The Morgan fingerprint density at radius 2 is 2.29 bits per heavy atom. The highest BCUT2D eigenvalue weighted by Gasteiger charge is 2.21. The Morgan fingerprint density at radius 1 is 1.57 bits per heavy atom. The van der Waals surface area contributed by atoms with Gasteiger partial charge in [0.05, 0.1) is 6.20 Å². The fourth-order valence-corrected chi connectivity index (χ4v) is 1.18. The average molecular weight is 198 g/mol. The maximum absolute atomic E-state index is 12.9. The highest BCUT2D eigenvalue weighted by molar-refractivity contribution is 5.19. The van der Waals surface area contributed by atoms with Crippen molar-refractivity contribution in [1.82, 2.24) is 4.98 Å². The lowest BCUT2D eigenvalue weighted by Crippen LogP contribution is -2.34. The predicted molar refractivity (Wildman–Crippen MR) is 52.2 cm³/mol. The maximum Gasteiger partial charge on any atom is 0.141 e. The third-order valence-electron chi connectivity index (χ3n) is 2.19. The summed E-state index contributed by atoms with van der Waals surface area (Å²) in [7, 11) is 1.61. The van der Waals surface area contributed by atoms with Gasteiger partial charge in [-0.2, -0.15) is 0 Å². The van der Waals surface area contributed by atoms with Gasteiger partial charge in [-0.1, -0.05) is 0 Å². The standard InChI is InChI=1S/C10H15FN2O/c1-10(12,3-4-14-2)8-5-9(11)7-13-6-8/h5-7H,3-4,12H2,1-2H3. The van der Waals surface area contributed by atoms with Crippen molar-refractivity contribution in [2.45, 2.75) is 18.9 Å². The number of hydrogen-bond donors (Lipinski definition) is 1. The summed E-state index contributed by atoms with van der Waals surface area (Å²) in [5.74, 6) is -0.364. The Bertz CT molecular complexity index is 302. The molecule has 3 nitrogen and oxygen atoms in total. The Labute approximate surface area is 83.1 Å². The average Bonchev–Trinajstić information content (AvgIpc) is 2.15. The molecule has 1 aromatic heterocycles. The van der Waals surface area contributed by atoms with Crippen LogP contribution in [0.3, 0.4) is 0 Å². The van der Waals surface area contributed by atoms with Crippen LogP contribution in [0.1, 0.15) is 18.9 Å². The zero-order chi connectivity index (χ0) is 10.6. The molecule has 1 heterocycles. The molecular formula is C10H15FN2O. The second-order valence-electron chi connectivity index (χ2n) is 3.55. The molecule has 0 aliphatic rings. The third-order valence-corrected chi connectivity index (χ3v) is 2.19. The molecule has 0 saturated heterocycles. The van der Waals surface area contributed by atoms with Gasteiger partial charge < -0.3 is 10.5 Å². The Kier molecular flexibility index (Phi) is 3.55. The van der Waals surface area contributed by atoms with Gasteiger partial charge in [-0.15, -0.1) is 0 Å². The highest BCUT2D eigenvalue weighted by atomic mass is 19.1. The molecule has 14 heavy (non-hydrogen) atoms. The predicted octanol–water partition coefficient (Wildman–Crippen LogP) is 1.43. The SMILES string of the molecule is COCCC(C)(N)c1cncc(F)c1. The second-order valence-corrected chi connectivity index (χ2v) is 3.55. The van der Waals surface area contributed by atoms with Gasteiger partial charge in [-0.3, -0.25) is 4.98 Å². The number of methoxy groups -OCH3 is 1. The van der Waals surface area contributed by atoms with Gasteiger partial charge in [-0.25, -0.2) is 4.39 Å². The van der Waals surface area contributed by atoms with Crippen LogP contribution in [-0.2, 0) is 10.3 Å². The number of nitrogens with zero attached hydrogens (tertiary/aromatic N) is 1. The second kappa shape index (κ2) is 4.48. The summed E-state index contributed by atoms with van der Waals surface area (Å²) in [5.41, 5.74) is 6.10. The van der Waals surface area contributed by atoms with E-state index in [1.807, 2.05) is 6.92 Å². The molecule has 1 unspecified atom stereocenters. The number of ether oxygens (including phenoxy) is 1. The first kappa shape index (κ1) is 11.1. The van der Waals surface area contributed by atoms with E-state index in [-0.39, 0.29) is 5.82 Å². The summed E-state index contributed by atoms with van der Waals surface area (Å²) in [5, 5.41) is 0. The summed E-state index contributed by atoms with van der Waals surface area (Å²) in [6.45, 7) is 2.38. The van der Waals surface area contributed by atoms with Crippen molar-refractivity contribution >= 4 is 0 Å². The lowest BCUT2D eigenvalue weighted by Gasteiger charge is -2.24. The smallest absolute Gasteiger partial charge is 0.141 e. The van der Waals surface area contributed by atoms with Crippen molar-refractivity contribution in [3.63, 3.8) is 0 Å². The zero-order valence-corrected chi connectivity index (χ0v) is 8.46. The topological polar surface area (TPSA) is 48.1 Å². The molecule has 78 valence electrons. The number of rotatable bonds is 4. The van der Waals surface area contributed by atoms with Crippen LogP contribution >= 0.6 is 0 Å². The summed E-state index contributed by atoms with van der Waals surface area (Å²) in [6, 6.07) is 1.41. The van der Waals surface area contributed by atoms with Gasteiger partial charge in [0.25, 0.3) is 0 Å². The Hall–Kier alpha value is -1.00. The molecule has 1 rings (SSSR count). The molecule has 0 spiro atoms. The largest absolute Gasteiger partial charge is 0.385 e. The minimum absolute atomic E-state index is 0.364. The zero-order valence-electron chi connectivity index (χ0n) is 8.46. The van der Waals surface area contributed by atoms with Crippen LogP contribution in [0.2, 0.25) is 0 Å². The van der Waals surface area contributed by atoms with Crippen LogP contribution in [0.5, 0.6) is 0 Å². The van der Waals surface area contributed by atoms with E-state index in [4.69, 9.17) is 10.5 Å². The molecule has 2 N–H and O–H groups in total. The normalized spacial score (nSPS) is 15.1. The van der Waals surface area contributed by atoms with Crippen LogP contribution < -0.4 is 5.73 Å². The van der Waals surface area contributed by atoms with Crippen LogP contribution in [0, 0.1) is 5.82 Å². The molecule has 0 fully saturated rings. The van der Waals surface area contributed by atoms with E-state index in [9.17, 15) is 4.39 Å². The lowest BCUT2D eigenvalue weighted by atomic mass is 9.91. The molecule has 0 saturated carbocycles. The monoisotopic (exact) mass is 198 g/mol. The molecule has 0 bridgehead atoms. The number of hydrogen-bond acceptors (Lipinski definition) is 3. The fraction of sp³-hybridized carbons (Fsp3) is 0.500. The molecular weight excluding hydrogens is 183 g/mol. The fourth-order valence-electron chi connectivity index (χ4n) is 1.18. The van der Waals surface area contributed by atoms with Gasteiger partial charge in [0.2, 0.25) is 0 Å². The Morgan fingerprint density at radius 3 is 2.86 bits per heavy atom. The first-order valence-corrected chi connectivity index (χ1v) is 4.45. The molecule has 0 amide bonds. The number of pyridine rings is 1. The van der Waals surface area contributed by atoms with Crippen molar-refractivity contribution in [2.24, 2.45) is 5.73 Å². The minimum Gasteiger partial charge on any atom is -0.385 e. The summed E-state index contributed by atoms with van der Waals surface area (Å²) in [6.07, 6.45) is 3.38. The van der Waals surface area contributed by atoms with Gasteiger partial charge in [0.15, 0.2) is 0 Å². The molecule has 0 aliphatic heterocycles. The van der Waals surface area contributed by atoms with Gasteiger partial charge in [0, 0.05) is 25.5 Å². The number of nitrogens with two attached hydrogens (primary N) is 1. The first-order valence-electron chi connectivity index (χ1n) is 4.45. The third kappa shape index (κ3) is 2.75. The van der Waals surface area contributed by atoms with E-state index in [0.717, 1.165) is 6.20 Å². The van der Waals surface area contributed by atoms with E-state index in [2.05, 4.69) is 4.98 Å². The van der Waals surface area contributed by atoms with Crippen molar-refractivity contribution in [2.75, 3.05) is 13.7 Å². The minimum atomic E-state index is -0.592. The van der Waals surface area contributed by atoms with Crippen LogP contribution in [0.4, 0.5) is 4.39 Å². The molecule has 0 radical (unpaired) electrons. The highest BCUT2D eigenvalue weighted by Crippen LogP contribution is 2.21. The lowest BCUT2D eigenvalue weighted by molar-refractivity contribution is 0.172. The molecule has 4 heteroatoms. The first-order chi connectivity index (χ1) is 6.56. The quantitative estimate of drug-likeness (QED) is 0.796. The summed E-state index contributed by atoms with van der Waals surface area (Å²) >= 11 is 0. The summed E-state index contributed by atoms with van der Waals surface area (Å²) in [4.78, 5) is 3.76. The van der Waals surface area contributed by atoms with Crippen molar-refractivity contribution in [1.29, 1.82) is 0 Å². The van der Waals surface area contributed by atoms with Crippen molar-refractivity contribution in [3.8, 4) is 0 Å². The number of aromatic nitrogens is 1. The van der Waals surface area contributed by atoms with Crippen LogP contribution in [0.15, 0.2) is 18.5 Å². The van der Waals surface area contributed by atoms with Gasteiger partial charge in [-0.05, 0) is 25.0 Å². The van der Waals surface area contributed by atoms with E-state index in [1.54, 1.807) is 13.3 Å². The van der Waals surface area contributed by atoms with Crippen molar-refractivity contribution in [3.05, 3.63) is 29.8 Å². The van der Waals surface area contributed by atoms with E-state index in [1.165, 1.54) is 6.07 Å². The summed E-state index contributed by atoms with van der Waals surface area (Å²) < 4.78 is 17.8. The van der Waals surface area contributed by atoms with Crippen LogP contribution in [0.25, 0.3) is 0 Å². The number of halogens is 1. The Balaban J connectivity index is 2.80. The molecule has 0 aromatic carbocycles.